The molecule has 2 rings (SSSR count). The van der Waals surface area contributed by atoms with Gasteiger partial charge < -0.3 is 20.5 Å². The summed E-state index contributed by atoms with van der Waals surface area (Å²) < 4.78 is 5.42. The third-order valence-corrected chi connectivity index (χ3v) is 3.73. The SMILES string of the molecule is CCOc1ccc(NC(=O)C(C)C2CNC2)cc1CO. The summed E-state index contributed by atoms with van der Waals surface area (Å²) in [5.41, 5.74) is 1.38. The van der Waals surface area contributed by atoms with Crippen LogP contribution in [0.3, 0.4) is 0 Å². The topological polar surface area (TPSA) is 70.6 Å². The first-order valence-corrected chi connectivity index (χ1v) is 7.03. The van der Waals surface area contributed by atoms with Crippen molar-refractivity contribution in [3.63, 3.8) is 0 Å². The van der Waals surface area contributed by atoms with Gasteiger partial charge in [-0.25, -0.2) is 0 Å². The highest BCUT2D eigenvalue weighted by molar-refractivity contribution is 5.92. The number of hydrogen-bond donors (Lipinski definition) is 3. The Morgan fingerprint density at radius 3 is 2.85 bits per heavy atom. The van der Waals surface area contributed by atoms with Crippen LogP contribution < -0.4 is 15.4 Å². The van der Waals surface area contributed by atoms with Gasteiger partial charge in [0.2, 0.25) is 5.91 Å². The van der Waals surface area contributed by atoms with Crippen molar-refractivity contribution in [1.82, 2.24) is 5.32 Å². The number of ether oxygens (including phenoxy) is 1. The van der Waals surface area contributed by atoms with Crippen molar-refractivity contribution < 1.29 is 14.6 Å². The summed E-state index contributed by atoms with van der Waals surface area (Å²) in [5, 5.41) is 15.4. The van der Waals surface area contributed by atoms with Gasteiger partial charge in [-0.3, -0.25) is 4.79 Å². The Labute approximate surface area is 119 Å². The second-order valence-corrected chi connectivity index (χ2v) is 5.11. The molecular formula is C15H22N2O3. The van der Waals surface area contributed by atoms with Crippen molar-refractivity contribution >= 4 is 11.6 Å². The highest BCUT2D eigenvalue weighted by Crippen LogP contribution is 2.24. The molecule has 20 heavy (non-hydrogen) atoms. The van der Waals surface area contributed by atoms with Crippen molar-refractivity contribution in [3.05, 3.63) is 23.8 Å². The Morgan fingerprint density at radius 2 is 2.30 bits per heavy atom. The number of amides is 1. The van der Waals surface area contributed by atoms with Crippen molar-refractivity contribution in [3.8, 4) is 5.75 Å². The van der Waals surface area contributed by atoms with E-state index in [1.54, 1.807) is 18.2 Å². The fourth-order valence-electron chi connectivity index (χ4n) is 2.21. The van der Waals surface area contributed by atoms with E-state index in [-0.39, 0.29) is 18.4 Å². The van der Waals surface area contributed by atoms with E-state index in [0.29, 0.717) is 29.5 Å². The lowest BCUT2D eigenvalue weighted by Crippen LogP contribution is -2.48. The average molecular weight is 278 g/mol. The molecule has 110 valence electrons. The van der Waals surface area contributed by atoms with Gasteiger partial charge in [-0.2, -0.15) is 0 Å². The molecule has 1 fully saturated rings. The van der Waals surface area contributed by atoms with Gasteiger partial charge in [0.15, 0.2) is 0 Å². The summed E-state index contributed by atoms with van der Waals surface area (Å²) in [5.74, 6) is 1.07. The second kappa shape index (κ2) is 6.72. The number of aliphatic hydroxyl groups excluding tert-OH is 1. The maximum Gasteiger partial charge on any atom is 0.227 e. The summed E-state index contributed by atoms with van der Waals surface area (Å²) in [6.45, 7) is 6.08. The molecule has 1 aliphatic heterocycles. The van der Waals surface area contributed by atoms with Crippen LogP contribution >= 0.6 is 0 Å². The van der Waals surface area contributed by atoms with Crippen LogP contribution in [0, 0.1) is 11.8 Å². The number of aliphatic hydroxyl groups is 1. The van der Waals surface area contributed by atoms with E-state index in [2.05, 4.69) is 10.6 Å². The number of benzene rings is 1. The smallest absolute Gasteiger partial charge is 0.227 e. The molecule has 0 aromatic heterocycles. The van der Waals surface area contributed by atoms with Crippen LogP contribution in [0.1, 0.15) is 19.4 Å². The van der Waals surface area contributed by atoms with Crippen molar-refractivity contribution in [1.29, 1.82) is 0 Å². The maximum absolute atomic E-state index is 12.1. The largest absolute Gasteiger partial charge is 0.494 e. The molecule has 0 aliphatic carbocycles. The third-order valence-electron chi connectivity index (χ3n) is 3.73. The molecule has 0 bridgehead atoms. The molecule has 1 heterocycles. The van der Waals surface area contributed by atoms with Crippen LogP contribution in [0.25, 0.3) is 0 Å². The van der Waals surface area contributed by atoms with Crippen LogP contribution in [0.4, 0.5) is 5.69 Å². The molecule has 3 N–H and O–H groups in total. The number of hydrogen-bond acceptors (Lipinski definition) is 4. The van der Waals surface area contributed by atoms with Gasteiger partial charge in [0.25, 0.3) is 0 Å². The Bertz CT molecular complexity index is 472. The first kappa shape index (κ1) is 14.8. The van der Waals surface area contributed by atoms with Gasteiger partial charge in [0, 0.05) is 17.2 Å². The predicted octanol–water partition coefficient (Wildman–Crippen LogP) is 1.37. The van der Waals surface area contributed by atoms with E-state index in [9.17, 15) is 9.90 Å². The molecule has 1 unspecified atom stereocenters. The molecule has 0 spiro atoms. The van der Waals surface area contributed by atoms with E-state index in [0.717, 1.165) is 13.1 Å². The number of anilines is 1. The lowest BCUT2D eigenvalue weighted by Gasteiger charge is -2.31. The number of carbonyl (C=O) groups excluding carboxylic acids is 1. The fourth-order valence-corrected chi connectivity index (χ4v) is 2.21. The van der Waals surface area contributed by atoms with Gasteiger partial charge in [-0.15, -0.1) is 0 Å². The molecule has 1 aromatic carbocycles. The van der Waals surface area contributed by atoms with Crippen LogP contribution in [-0.2, 0) is 11.4 Å². The zero-order valence-corrected chi connectivity index (χ0v) is 12.0. The van der Waals surface area contributed by atoms with Gasteiger partial charge in [0.05, 0.1) is 13.2 Å². The Hall–Kier alpha value is -1.59. The fraction of sp³-hybridized carbons (Fsp3) is 0.533. The highest BCUT2D eigenvalue weighted by atomic mass is 16.5. The highest BCUT2D eigenvalue weighted by Gasteiger charge is 2.28. The van der Waals surface area contributed by atoms with E-state index >= 15 is 0 Å². The minimum Gasteiger partial charge on any atom is -0.494 e. The van der Waals surface area contributed by atoms with E-state index in [1.165, 1.54) is 0 Å². The van der Waals surface area contributed by atoms with Crippen LogP contribution in [0.5, 0.6) is 5.75 Å². The van der Waals surface area contributed by atoms with Crippen LogP contribution in [0.15, 0.2) is 18.2 Å². The Balaban J connectivity index is 2.03. The Kier molecular flexibility index (Phi) is 4.98. The monoisotopic (exact) mass is 278 g/mol. The van der Waals surface area contributed by atoms with Gasteiger partial charge in [0.1, 0.15) is 5.75 Å². The predicted molar refractivity (Wildman–Crippen MR) is 77.7 cm³/mol. The molecule has 1 saturated heterocycles. The van der Waals surface area contributed by atoms with Gasteiger partial charge in [-0.05, 0) is 44.1 Å². The zero-order valence-electron chi connectivity index (χ0n) is 12.0. The van der Waals surface area contributed by atoms with E-state index in [1.807, 2.05) is 13.8 Å². The Morgan fingerprint density at radius 1 is 1.55 bits per heavy atom. The lowest BCUT2D eigenvalue weighted by atomic mass is 9.88. The normalized spacial score (nSPS) is 16.4. The van der Waals surface area contributed by atoms with Gasteiger partial charge >= 0.3 is 0 Å². The van der Waals surface area contributed by atoms with Crippen molar-refractivity contribution in [2.75, 3.05) is 25.0 Å². The minimum absolute atomic E-state index is 0.0135. The van der Waals surface area contributed by atoms with Gasteiger partial charge in [-0.1, -0.05) is 6.92 Å². The first-order chi connectivity index (χ1) is 9.65. The molecule has 1 aromatic rings. The summed E-state index contributed by atoms with van der Waals surface area (Å²) in [6.07, 6.45) is 0. The third kappa shape index (κ3) is 3.29. The quantitative estimate of drug-likeness (QED) is 0.735. The number of rotatable bonds is 6. The summed E-state index contributed by atoms with van der Waals surface area (Å²) in [7, 11) is 0. The summed E-state index contributed by atoms with van der Waals surface area (Å²) in [6, 6.07) is 5.34. The molecule has 1 atom stereocenters. The van der Waals surface area contributed by atoms with Crippen molar-refractivity contribution in [2.24, 2.45) is 11.8 Å². The number of carbonyl (C=O) groups is 1. The first-order valence-electron chi connectivity index (χ1n) is 7.03. The minimum atomic E-state index is -0.110. The zero-order chi connectivity index (χ0) is 14.5. The molecule has 0 saturated carbocycles. The molecule has 1 amide bonds. The molecule has 5 heteroatoms. The lowest BCUT2D eigenvalue weighted by molar-refractivity contribution is -0.121. The molecule has 1 aliphatic rings. The molecule has 0 radical (unpaired) electrons. The van der Waals surface area contributed by atoms with Crippen LogP contribution in [-0.4, -0.2) is 30.7 Å². The summed E-state index contributed by atoms with van der Waals surface area (Å²) in [4.78, 5) is 12.1. The molecule has 5 nitrogen and oxygen atoms in total. The summed E-state index contributed by atoms with van der Waals surface area (Å²) >= 11 is 0. The number of nitrogens with one attached hydrogen (secondary N) is 2. The van der Waals surface area contributed by atoms with E-state index in [4.69, 9.17) is 4.74 Å². The van der Waals surface area contributed by atoms with E-state index < -0.39 is 0 Å². The molecular weight excluding hydrogens is 256 g/mol. The van der Waals surface area contributed by atoms with Crippen molar-refractivity contribution in [2.45, 2.75) is 20.5 Å². The van der Waals surface area contributed by atoms with Crippen LogP contribution in [0.2, 0.25) is 0 Å². The second-order valence-electron chi connectivity index (χ2n) is 5.11. The maximum atomic E-state index is 12.1. The standard InChI is InChI=1S/C15H22N2O3/c1-3-20-14-5-4-13(6-11(14)9-18)17-15(19)10(2)12-7-16-8-12/h4-6,10,12,16,18H,3,7-9H2,1-2H3,(H,17,19). The average Bonchev–Trinajstić information content (AvgIpc) is 2.38.